The van der Waals surface area contributed by atoms with Crippen molar-refractivity contribution in [1.29, 1.82) is 0 Å². The number of halogens is 2. The maximum atomic E-state index is 12.4. The molecule has 0 saturated heterocycles. The number of hydrogen-bond donors (Lipinski definition) is 1. The van der Waals surface area contributed by atoms with E-state index in [1.54, 1.807) is 35.1 Å². The lowest BCUT2D eigenvalue weighted by atomic mass is 10.2. The summed E-state index contributed by atoms with van der Waals surface area (Å²) in [6, 6.07) is 8.12. The van der Waals surface area contributed by atoms with Crippen molar-refractivity contribution in [2.75, 3.05) is 5.32 Å². The summed E-state index contributed by atoms with van der Waals surface area (Å²) >= 11 is 0. The molecule has 1 atom stereocenters. The molecule has 128 valence electrons. The number of nitrogens with one attached hydrogen (secondary N) is 1. The normalized spacial score (nSPS) is 12.5. The highest BCUT2D eigenvalue weighted by Gasteiger charge is 2.10. The highest BCUT2D eigenvalue weighted by molar-refractivity contribution is 6.01. The van der Waals surface area contributed by atoms with Crippen LogP contribution in [-0.2, 0) is 4.79 Å². The van der Waals surface area contributed by atoms with Crippen LogP contribution in [0.4, 0.5) is 14.6 Å². The molecule has 5 nitrogen and oxygen atoms in total. The highest BCUT2D eigenvalue weighted by Crippen LogP contribution is 2.22. The maximum absolute atomic E-state index is 12.4. The van der Waals surface area contributed by atoms with Gasteiger partial charge in [-0.15, -0.1) is 0 Å². The van der Waals surface area contributed by atoms with Crippen LogP contribution in [0, 0.1) is 0 Å². The Labute approximate surface area is 138 Å². The number of amides is 1. The maximum Gasteiger partial charge on any atom is 0.387 e. The van der Waals surface area contributed by atoms with Gasteiger partial charge in [-0.05, 0) is 25.5 Å². The third-order valence-corrected chi connectivity index (χ3v) is 3.48. The van der Waals surface area contributed by atoms with Crippen molar-refractivity contribution in [3.63, 3.8) is 0 Å². The van der Waals surface area contributed by atoms with E-state index in [-0.39, 0.29) is 17.7 Å². The molecule has 0 aliphatic heterocycles. The van der Waals surface area contributed by atoms with Crippen molar-refractivity contribution < 1.29 is 18.3 Å². The van der Waals surface area contributed by atoms with Gasteiger partial charge in [0.1, 0.15) is 11.6 Å². The molecule has 0 aliphatic carbocycles. The standard InChI is InChI=1S/C17H19F2N3O2/c1-3-12(2)22-15(10-11-20-22)21-16(23)9-8-13-6-4-5-7-14(13)24-17(18)19/h4-12,17H,3H2,1-2H3,(H,21,23)/b9-8+. The summed E-state index contributed by atoms with van der Waals surface area (Å²) in [6.07, 6.45) is 5.18. The first kappa shape index (κ1) is 17.7. The van der Waals surface area contributed by atoms with Crippen LogP contribution in [0.3, 0.4) is 0 Å². The number of para-hydroxylation sites is 1. The number of benzene rings is 1. The topological polar surface area (TPSA) is 56.2 Å². The SMILES string of the molecule is CCC(C)n1nccc1NC(=O)/C=C/c1ccccc1OC(F)F. The van der Waals surface area contributed by atoms with E-state index in [4.69, 9.17) is 0 Å². The van der Waals surface area contributed by atoms with Crippen LogP contribution in [0.2, 0.25) is 0 Å². The minimum atomic E-state index is -2.92. The largest absolute Gasteiger partial charge is 0.434 e. The molecule has 1 aromatic heterocycles. The van der Waals surface area contributed by atoms with Crippen LogP contribution in [0.1, 0.15) is 31.9 Å². The third-order valence-electron chi connectivity index (χ3n) is 3.48. The van der Waals surface area contributed by atoms with Crippen LogP contribution in [0.15, 0.2) is 42.6 Å². The molecular formula is C17H19F2N3O2. The monoisotopic (exact) mass is 335 g/mol. The molecule has 7 heteroatoms. The van der Waals surface area contributed by atoms with E-state index in [9.17, 15) is 13.6 Å². The summed E-state index contributed by atoms with van der Waals surface area (Å²) in [5, 5.41) is 6.90. The van der Waals surface area contributed by atoms with Gasteiger partial charge in [-0.3, -0.25) is 4.79 Å². The Kier molecular flexibility index (Phi) is 6.06. The Balaban J connectivity index is 2.08. The second kappa shape index (κ2) is 8.24. The zero-order valence-corrected chi connectivity index (χ0v) is 13.4. The van der Waals surface area contributed by atoms with E-state index in [1.807, 2.05) is 13.8 Å². The van der Waals surface area contributed by atoms with Crippen molar-refractivity contribution in [3.05, 3.63) is 48.2 Å². The smallest absolute Gasteiger partial charge is 0.387 e. The van der Waals surface area contributed by atoms with Crippen LogP contribution < -0.4 is 10.1 Å². The number of nitrogens with zero attached hydrogens (tertiary/aromatic N) is 2. The molecule has 0 fully saturated rings. The molecular weight excluding hydrogens is 316 g/mol. The molecule has 2 aromatic rings. The fourth-order valence-electron chi connectivity index (χ4n) is 2.09. The van der Waals surface area contributed by atoms with Gasteiger partial charge in [0, 0.05) is 17.7 Å². The summed E-state index contributed by atoms with van der Waals surface area (Å²) < 4.78 is 30.9. The Hall–Kier alpha value is -2.70. The van der Waals surface area contributed by atoms with Crippen molar-refractivity contribution in [1.82, 2.24) is 9.78 Å². The molecule has 2 rings (SSSR count). The molecule has 1 N–H and O–H groups in total. The second-order valence-corrected chi connectivity index (χ2v) is 5.16. The molecule has 1 heterocycles. The van der Waals surface area contributed by atoms with E-state index < -0.39 is 6.61 Å². The molecule has 0 spiro atoms. The van der Waals surface area contributed by atoms with Crippen LogP contribution >= 0.6 is 0 Å². The Bertz CT molecular complexity index is 713. The lowest BCUT2D eigenvalue weighted by Gasteiger charge is -2.13. The zero-order valence-electron chi connectivity index (χ0n) is 13.4. The number of hydrogen-bond acceptors (Lipinski definition) is 3. The first-order valence-electron chi connectivity index (χ1n) is 7.57. The van der Waals surface area contributed by atoms with Gasteiger partial charge in [-0.25, -0.2) is 4.68 Å². The fourth-order valence-corrected chi connectivity index (χ4v) is 2.09. The molecule has 1 amide bonds. The molecule has 1 aromatic carbocycles. The van der Waals surface area contributed by atoms with Crippen molar-refractivity contribution in [3.8, 4) is 5.75 Å². The van der Waals surface area contributed by atoms with Gasteiger partial charge in [0.05, 0.1) is 12.2 Å². The number of aromatic nitrogens is 2. The molecule has 0 bridgehead atoms. The van der Waals surface area contributed by atoms with Gasteiger partial charge in [0.15, 0.2) is 0 Å². The average Bonchev–Trinajstić information content (AvgIpc) is 3.01. The predicted molar refractivity (Wildman–Crippen MR) is 88.0 cm³/mol. The molecule has 0 radical (unpaired) electrons. The lowest BCUT2D eigenvalue weighted by molar-refractivity contribution is -0.111. The summed E-state index contributed by atoms with van der Waals surface area (Å²) in [7, 11) is 0. The quantitative estimate of drug-likeness (QED) is 0.775. The van der Waals surface area contributed by atoms with Gasteiger partial charge in [0.2, 0.25) is 5.91 Å². The summed E-state index contributed by atoms with van der Waals surface area (Å²) in [4.78, 5) is 12.1. The van der Waals surface area contributed by atoms with E-state index in [1.165, 1.54) is 18.2 Å². The number of rotatable bonds is 7. The molecule has 0 saturated carbocycles. The van der Waals surface area contributed by atoms with Crippen LogP contribution in [0.5, 0.6) is 5.75 Å². The molecule has 24 heavy (non-hydrogen) atoms. The number of carbonyl (C=O) groups is 1. The number of ether oxygens (including phenoxy) is 1. The van der Waals surface area contributed by atoms with Crippen LogP contribution in [-0.4, -0.2) is 22.3 Å². The highest BCUT2D eigenvalue weighted by atomic mass is 19.3. The van der Waals surface area contributed by atoms with Crippen molar-refractivity contribution in [2.24, 2.45) is 0 Å². The van der Waals surface area contributed by atoms with Gasteiger partial charge in [-0.1, -0.05) is 25.1 Å². The minimum absolute atomic E-state index is 0.0150. The van der Waals surface area contributed by atoms with Crippen molar-refractivity contribution >= 4 is 17.8 Å². The predicted octanol–water partition coefficient (Wildman–Crippen LogP) is 4.11. The summed E-state index contributed by atoms with van der Waals surface area (Å²) in [5.74, 6) is 0.212. The van der Waals surface area contributed by atoms with Crippen molar-refractivity contribution in [2.45, 2.75) is 32.9 Å². The fraction of sp³-hybridized carbons (Fsp3) is 0.294. The van der Waals surface area contributed by atoms with Gasteiger partial charge >= 0.3 is 6.61 Å². The average molecular weight is 335 g/mol. The van der Waals surface area contributed by atoms with Crippen LogP contribution in [0.25, 0.3) is 6.08 Å². The second-order valence-electron chi connectivity index (χ2n) is 5.16. The number of alkyl halides is 2. The molecule has 1 unspecified atom stereocenters. The van der Waals surface area contributed by atoms with E-state index >= 15 is 0 Å². The Morgan fingerprint density at radius 2 is 2.12 bits per heavy atom. The first-order chi connectivity index (χ1) is 11.5. The summed E-state index contributed by atoms with van der Waals surface area (Å²) in [5.41, 5.74) is 0.392. The molecule has 0 aliphatic rings. The first-order valence-corrected chi connectivity index (χ1v) is 7.57. The number of carbonyl (C=O) groups excluding carboxylic acids is 1. The van der Waals surface area contributed by atoms with E-state index in [0.29, 0.717) is 11.4 Å². The minimum Gasteiger partial charge on any atom is -0.434 e. The third kappa shape index (κ3) is 4.65. The van der Waals surface area contributed by atoms with E-state index in [2.05, 4.69) is 15.2 Å². The van der Waals surface area contributed by atoms with Gasteiger partial charge in [-0.2, -0.15) is 13.9 Å². The number of anilines is 1. The Morgan fingerprint density at radius 3 is 2.83 bits per heavy atom. The summed E-state index contributed by atoms with van der Waals surface area (Å²) in [6.45, 7) is 1.10. The van der Waals surface area contributed by atoms with Gasteiger partial charge < -0.3 is 10.1 Å². The van der Waals surface area contributed by atoms with Gasteiger partial charge in [0.25, 0.3) is 0 Å². The van der Waals surface area contributed by atoms with E-state index in [0.717, 1.165) is 6.42 Å². The zero-order chi connectivity index (χ0) is 17.5. The Morgan fingerprint density at radius 1 is 1.38 bits per heavy atom. The lowest BCUT2D eigenvalue weighted by Crippen LogP contribution is -2.15.